The molecule has 1 aromatic rings. The largest absolute Gasteiger partial charge is 0.497 e. The third kappa shape index (κ3) is 3.55. The lowest BCUT2D eigenvalue weighted by Crippen LogP contribution is -2.41. The summed E-state index contributed by atoms with van der Waals surface area (Å²) in [4.78, 5) is 0. The molecule has 2 N–H and O–H groups in total. The predicted octanol–water partition coefficient (Wildman–Crippen LogP) is 2.68. The molecule has 1 heterocycles. The highest BCUT2D eigenvalue weighted by atomic mass is 16.7. The van der Waals surface area contributed by atoms with E-state index in [0.29, 0.717) is 12.3 Å². The second-order valence-corrected chi connectivity index (χ2v) is 6.62. The van der Waals surface area contributed by atoms with Crippen LogP contribution in [0.1, 0.15) is 33.3 Å². The summed E-state index contributed by atoms with van der Waals surface area (Å²) < 4.78 is 22.8. The van der Waals surface area contributed by atoms with E-state index in [2.05, 4.69) is 0 Å². The Morgan fingerprint density at radius 2 is 1.74 bits per heavy atom. The Balaban J connectivity index is 2.33. The number of ether oxygens (including phenoxy) is 2. The number of methoxy groups -OCH3 is 2. The van der Waals surface area contributed by atoms with E-state index in [-0.39, 0.29) is 0 Å². The third-order valence-corrected chi connectivity index (χ3v) is 4.57. The number of hydrogen-bond donors (Lipinski definition) is 1. The molecule has 0 spiro atoms. The molecule has 5 nitrogen and oxygen atoms in total. The number of hydrogen-bond acceptors (Lipinski definition) is 5. The minimum Gasteiger partial charge on any atom is -0.497 e. The van der Waals surface area contributed by atoms with E-state index in [4.69, 9.17) is 24.5 Å². The van der Waals surface area contributed by atoms with Gasteiger partial charge in [0.25, 0.3) is 0 Å². The lowest BCUT2D eigenvalue weighted by atomic mass is 9.77. The summed E-state index contributed by atoms with van der Waals surface area (Å²) in [5.74, 6) is 1.45. The van der Waals surface area contributed by atoms with Gasteiger partial charge in [-0.1, -0.05) is 6.08 Å². The fourth-order valence-electron chi connectivity index (χ4n) is 2.36. The molecule has 0 aromatic heterocycles. The Bertz CT molecular complexity index is 582. The quantitative estimate of drug-likeness (QED) is 0.846. The topological polar surface area (TPSA) is 62.9 Å². The van der Waals surface area contributed by atoms with Crippen molar-refractivity contribution in [3.63, 3.8) is 0 Å². The summed E-state index contributed by atoms with van der Waals surface area (Å²) in [6.07, 6.45) is 1.96. The van der Waals surface area contributed by atoms with Crippen molar-refractivity contribution in [2.45, 2.75) is 38.9 Å². The monoisotopic (exact) mass is 319 g/mol. The molecule has 1 aliphatic heterocycles. The molecule has 1 saturated heterocycles. The average molecular weight is 319 g/mol. The molecule has 0 atom stereocenters. The summed E-state index contributed by atoms with van der Waals surface area (Å²) in [7, 11) is 2.79. The molecule has 1 aliphatic rings. The molecule has 0 aliphatic carbocycles. The van der Waals surface area contributed by atoms with Gasteiger partial charge in [0.2, 0.25) is 0 Å². The number of nitrogens with two attached hydrogens (primary N) is 1. The Hall–Kier alpha value is -1.50. The van der Waals surface area contributed by atoms with Crippen LogP contribution in [0.2, 0.25) is 0 Å². The molecule has 6 heteroatoms. The van der Waals surface area contributed by atoms with Crippen molar-refractivity contribution in [2.75, 3.05) is 20.8 Å². The van der Waals surface area contributed by atoms with Crippen LogP contribution in [-0.2, 0) is 9.31 Å². The first-order valence-corrected chi connectivity index (χ1v) is 7.72. The van der Waals surface area contributed by atoms with Crippen LogP contribution in [0.25, 0.3) is 6.08 Å². The van der Waals surface area contributed by atoms with Crippen molar-refractivity contribution in [3.05, 3.63) is 29.2 Å². The smallest absolute Gasteiger partial charge is 0.491 e. The number of benzene rings is 1. The maximum Gasteiger partial charge on any atom is 0.491 e. The van der Waals surface area contributed by atoms with E-state index < -0.39 is 18.3 Å². The molecule has 0 saturated carbocycles. The highest BCUT2D eigenvalue weighted by molar-refractivity contribution is 6.55. The summed E-state index contributed by atoms with van der Waals surface area (Å²) in [5, 5.41) is 0. The summed E-state index contributed by atoms with van der Waals surface area (Å²) in [5.41, 5.74) is 6.92. The van der Waals surface area contributed by atoms with Crippen molar-refractivity contribution in [1.29, 1.82) is 0 Å². The van der Waals surface area contributed by atoms with Crippen molar-refractivity contribution in [3.8, 4) is 11.5 Å². The molecular weight excluding hydrogens is 293 g/mol. The van der Waals surface area contributed by atoms with Crippen LogP contribution in [0.4, 0.5) is 0 Å². The van der Waals surface area contributed by atoms with E-state index in [1.807, 2.05) is 52.0 Å². The maximum atomic E-state index is 6.07. The molecular formula is C17H26BNO4. The van der Waals surface area contributed by atoms with Crippen molar-refractivity contribution >= 4 is 13.2 Å². The second kappa shape index (κ2) is 6.55. The first kappa shape index (κ1) is 17.9. The van der Waals surface area contributed by atoms with Gasteiger partial charge in [-0.05, 0) is 45.3 Å². The molecule has 1 aromatic carbocycles. The van der Waals surface area contributed by atoms with Crippen LogP contribution in [0, 0.1) is 0 Å². The van der Waals surface area contributed by atoms with E-state index in [1.165, 1.54) is 0 Å². The van der Waals surface area contributed by atoms with Gasteiger partial charge in [-0.2, -0.15) is 0 Å². The SMILES string of the molecule is COc1ccc(C=C(CN)B2OC(C)(C)C(C)(C)O2)c(OC)c1. The fourth-order valence-corrected chi connectivity index (χ4v) is 2.36. The Morgan fingerprint density at radius 3 is 2.22 bits per heavy atom. The Labute approximate surface area is 138 Å². The van der Waals surface area contributed by atoms with Gasteiger partial charge < -0.3 is 24.5 Å². The first-order valence-electron chi connectivity index (χ1n) is 7.72. The van der Waals surface area contributed by atoms with Gasteiger partial charge in [0.1, 0.15) is 11.5 Å². The zero-order chi connectivity index (χ0) is 17.3. The minimum absolute atomic E-state index is 0.339. The van der Waals surface area contributed by atoms with Crippen molar-refractivity contribution in [1.82, 2.24) is 0 Å². The van der Waals surface area contributed by atoms with Crippen molar-refractivity contribution in [2.24, 2.45) is 5.73 Å². The first-order chi connectivity index (χ1) is 10.7. The number of rotatable bonds is 5. The summed E-state index contributed by atoms with van der Waals surface area (Å²) in [6, 6.07) is 5.65. The highest BCUT2D eigenvalue weighted by Crippen LogP contribution is 2.39. The molecule has 0 bridgehead atoms. The van der Waals surface area contributed by atoms with Gasteiger partial charge in [0, 0.05) is 18.2 Å². The zero-order valence-corrected chi connectivity index (χ0v) is 14.8. The molecule has 0 radical (unpaired) electrons. The normalized spacial score (nSPS) is 19.8. The van der Waals surface area contributed by atoms with Crippen molar-refractivity contribution < 1.29 is 18.8 Å². The van der Waals surface area contributed by atoms with Gasteiger partial charge in [-0.15, -0.1) is 0 Å². The summed E-state index contributed by atoms with van der Waals surface area (Å²) in [6.45, 7) is 8.43. The standard InChI is InChI=1S/C17H26BNO4/c1-16(2)17(3,4)23-18(22-16)13(11-19)9-12-7-8-14(20-5)10-15(12)21-6/h7-10H,11,19H2,1-6H3. The third-order valence-electron chi connectivity index (χ3n) is 4.57. The van der Waals surface area contributed by atoms with Crippen LogP contribution in [-0.4, -0.2) is 39.1 Å². The van der Waals surface area contributed by atoms with Crippen LogP contribution in [0.15, 0.2) is 23.7 Å². The lowest BCUT2D eigenvalue weighted by molar-refractivity contribution is 0.00578. The molecule has 1 fully saturated rings. The molecule has 23 heavy (non-hydrogen) atoms. The predicted molar refractivity (Wildman–Crippen MR) is 92.7 cm³/mol. The van der Waals surface area contributed by atoms with Gasteiger partial charge in [-0.25, -0.2) is 0 Å². The van der Waals surface area contributed by atoms with Crippen LogP contribution >= 0.6 is 0 Å². The molecule has 126 valence electrons. The Kier molecular flexibility index (Phi) is 5.09. The lowest BCUT2D eigenvalue weighted by Gasteiger charge is -2.32. The van der Waals surface area contributed by atoms with Gasteiger partial charge >= 0.3 is 7.12 Å². The molecule has 2 rings (SSSR count). The van der Waals surface area contributed by atoms with Crippen LogP contribution in [0.5, 0.6) is 11.5 Å². The van der Waals surface area contributed by atoms with Gasteiger partial charge in [0.05, 0.1) is 25.4 Å². The Morgan fingerprint density at radius 1 is 1.13 bits per heavy atom. The fraction of sp³-hybridized carbons (Fsp3) is 0.529. The van der Waals surface area contributed by atoms with Gasteiger partial charge in [0.15, 0.2) is 0 Å². The highest BCUT2D eigenvalue weighted by Gasteiger charge is 2.52. The van der Waals surface area contributed by atoms with E-state index in [9.17, 15) is 0 Å². The molecule has 0 unspecified atom stereocenters. The van der Waals surface area contributed by atoms with E-state index >= 15 is 0 Å². The van der Waals surface area contributed by atoms with E-state index in [0.717, 1.165) is 16.8 Å². The van der Waals surface area contributed by atoms with E-state index in [1.54, 1.807) is 14.2 Å². The van der Waals surface area contributed by atoms with Gasteiger partial charge in [-0.3, -0.25) is 0 Å². The average Bonchev–Trinajstić information content (AvgIpc) is 2.72. The zero-order valence-electron chi connectivity index (χ0n) is 14.8. The summed E-state index contributed by atoms with van der Waals surface area (Å²) >= 11 is 0. The second-order valence-electron chi connectivity index (χ2n) is 6.62. The minimum atomic E-state index is -0.461. The maximum absolute atomic E-state index is 6.07. The van der Waals surface area contributed by atoms with Crippen LogP contribution in [0.3, 0.4) is 0 Å². The molecule has 0 amide bonds. The van der Waals surface area contributed by atoms with Crippen LogP contribution < -0.4 is 15.2 Å².